The zero-order valence-electron chi connectivity index (χ0n) is 10.9. The van der Waals surface area contributed by atoms with Crippen molar-refractivity contribution in [3.05, 3.63) is 59.4 Å². The Morgan fingerprint density at radius 1 is 1.10 bits per heavy atom. The molecule has 1 aliphatic rings. The Kier molecular flexibility index (Phi) is 3.56. The van der Waals surface area contributed by atoms with Crippen molar-refractivity contribution in [3.8, 4) is 11.5 Å². The van der Waals surface area contributed by atoms with Crippen LogP contribution in [0.25, 0.3) is 0 Å². The van der Waals surface area contributed by atoms with Crippen molar-refractivity contribution in [3.63, 3.8) is 0 Å². The van der Waals surface area contributed by atoms with Gasteiger partial charge in [0.2, 0.25) is 6.79 Å². The minimum Gasteiger partial charge on any atom is -0.454 e. The van der Waals surface area contributed by atoms with Crippen LogP contribution in [0.15, 0.2) is 42.5 Å². The monoisotopic (exact) mass is 274 g/mol. The lowest BCUT2D eigenvalue weighted by molar-refractivity contribution is 0.174. The fourth-order valence-electron chi connectivity index (χ4n) is 2.40. The quantitative estimate of drug-likeness (QED) is 0.931. The first-order chi connectivity index (χ1) is 9.76. The lowest BCUT2D eigenvalue weighted by Crippen LogP contribution is -2.08. The van der Waals surface area contributed by atoms with Crippen molar-refractivity contribution in [1.29, 1.82) is 0 Å². The number of benzene rings is 2. The fourth-order valence-corrected chi connectivity index (χ4v) is 2.40. The molecule has 0 spiro atoms. The summed E-state index contributed by atoms with van der Waals surface area (Å²) < 4.78 is 23.9. The average molecular weight is 274 g/mol. The van der Waals surface area contributed by atoms with Crippen molar-refractivity contribution in [2.75, 3.05) is 13.4 Å². The summed E-state index contributed by atoms with van der Waals surface area (Å²) in [7, 11) is 0. The number of rotatable bonds is 4. The molecule has 1 atom stereocenters. The molecular weight excluding hydrogens is 259 g/mol. The molecule has 1 unspecified atom stereocenters. The molecule has 2 aromatic rings. The molecule has 104 valence electrons. The molecule has 3 rings (SSSR count). The van der Waals surface area contributed by atoms with Crippen molar-refractivity contribution >= 4 is 0 Å². The maximum Gasteiger partial charge on any atom is 0.231 e. The SMILES string of the molecule is OCC(Cc1ccc2c(c1)OCO2)c1cccc(F)c1. The second kappa shape index (κ2) is 5.51. The number of ether oxygens (including phenoxy) is 2. The molecule has 0 amide bonds. The smallest absolute Gasteiger partial charge is 0.231 e. The Morgan fingerprint density at radius 3 is 2.75 bits per heavy atom. The number of aliphatic hydroxyl groups excluding tert-OH is 1. The average Bonchev–Trinajstić information content (AvgIpc) is 2.92. The van der Waals surface area contributed by atoms with E-state index in [4.69, 9.17) is 9.47 Å². The van der Waals surface area contributed by atoms with Crippen LogP contribution >= 0.6 is 0 Å². The third kappa shape index (κ3) is 2.60. The van der Waals surface area contributed by atoms with E-state index in [0.717, 1.165) is 22.6 Å². The largest absolute Gasteiger partial charge is 0.454 e. The van der Waals surface area contributed by atoms with E-state index in [1.165, 1.54) is 12.1 Å². The van der Waals surface area contributed by atoms with Crippen LogP contribution in [0, 0.1) is 5.82 Å². The summed E-state index contributed by atoms with van der Waals surface area (Å²) in [5.41, 5.74) is 1.82. The van der Waals surface area contributed by atoms with Crippen LogP contribution in [0.5, 0.6) is 11.5 Å². The molecule has 0 aliphatic carbocycles. The Hall–Kier alpha value is -2.07. The molecule has 0 bridgehead atoms. The predicted octanol–water partition coefficient (Wildman–Crippen LogP) is 2.87. The number of aliphatic hydroxyl groups is 1. The second-order valence-corrected chi connectivity index (χ2v) is 4.83. The van der Waals surface area contributed by atoms with Gasteiger partial charge in [-0.05, 0) is 41.8 Å². The molecule has 1 N–H and O–H groups in total. The van der Waals surface area contributed by atoms with Crippen LogP contribution in [0.3, 0.4) is 0 Å². The molecule has 0 aromatic heterocycles. The molecule has 0 saturated heterocycles. The summed E-state index contributed by atoms with van der Waals surface area (Å²) in [5, 5.41) is 9.55. The zero-order valence-corrected chi connectivity index (χ0v) is 10.9. The molecule has 1 aliphatic heterocycles. The Balaban J connectivity index is 1.81. The van der Waals surface area contributed by atoms with Gasteiger partial charge < -0.3 is 14.6 Å². The van der Waals surface area contributed by atoms with Crippen LogP contribution in [0.1, 0.15) is 17.0 Å². The van der Waals surface area contributed by atoms with Gasteiger partial charge in [0.25, 0.3) is 0 Å². The number of hydrogen-bond donors (Lipinski definition) is 1. The summed E-state index contributed by atoms with van der Waals surface area (Å²) in [6, 6.07) is 12.1. The highest BCUT2D eigenvalue weighted by Gasteiger charge is 2.16. The van der Waals surface area contributed by atoms with Crippen LogP contribution in [-0.2, 0) is 6.42 Å². The summed E-state index contributed by atoms with van der Waals surface area (Å²) in [6.07, 6.45) is 0.622. The minimum atomic E-state index is -0.286. The van der Waals surface area contributed by atoms with Crippen molar-refractivity contribution in [1.82, 2.24) is 0 Å². The van der Waals surface area contributed by atoms with E-state index in [2.05, 4.69) is 0 Å². The minimum absolute atomic E-state index is 0.0299. The van der Waals surface area contributed by atoms with Crippen molar-refractivity contribution in [2.45, 2.75) is 12.3 Å². The number of halogens is 1. The third-order valence-electron chi connectivity index (χ3n) is 3.46. The van der Waals surface area contributed by atoms with Gasteiger partial charge in [-0.25, -0.2) is 4.39 Å². The molecule has 0 saturated carbocycles. The van der Waals surface area contributed by atoms with Gasteiger partial charge in [-0.1, -0.05) is 18.2 Å². The van der Waals surface area contributed by atoms with Gasteiger partial charge in [-0.2, -0.15) is 0 Å². The van der Waals surface area contributed by atoms with Gasteiger partial charge >= 0.3 is 0 Å². The lowest BCUT2D eigenvalue weighted by atomic mass is 9.92. The Bertz CT molecular complexity index is 612. The van der Waals surface area contributed by atoms with E-state index in [1.807, 2.05) is 24.3 Å². The van der Waals surface area contributed by atoms with Crippen LogP contribution in [0.2, 0.25) is 0 Å². The second-order valence-electron chi connectivity index (χ2n) is 4.83. The highest BCUT2D eigenvalue weighted by Crippen LogP contribution is 2.34. The van der Waals surface area contributed by atoms with Gasteiger partial charge in [0.1, 0.15) is 5.82 Å². The summed E-state index contributed by atoms with van der Waals surface area (Å²) in [5.74, 6) is 1.04. The maximum atomic E-state index is 13.3. The molecule has 2 aromatic carbocycles. The normalized spacial score (nSPS) is 14.3. The van der Waals surface area contributed by atoms with Gasteiger partial charge in [0.05, 0.1) is 6.61 Å². The molecule has 1 heterocycles. The van der Waals surface area contributed by atoms with Crippen LogP contribution < -0.4 is 9.47 Å². The standard InChI is InChI=1S/C16H15FO3/c17-14-3-1-2-12(8-14)13(9-18)6-11-4-5-15-16(7-11)20-10-19-15/h1-5,7-8,13,18H,6,9-10H2. The molecule has 3 nitrogen and oxygen atoms in total. The molecule has 0 radical (unpaired) electrons. The molecular formula is C16H15FO3. The van der Waals surface area contributed by atoms with E-state index in [9.17, 15) is 9.50 Å². The topological polar surface area (TPSA) is 38.7 Å². The fraction of sp³-hybridized carbons (Fsp3) is 0.250. The van der Waals surface area contributed by atoms with E-state index < -0.39 is 0 Å². The van der Waals surface area contributed by atoms with Crippen molar-refractivity contribution < 1.29 is 19.0 Å². The van der Waals surface area contributed by atoms with E-state index >= 15 is 0 Å². The van der Waals surface area contributed by atoms with Gasteiger partial charge in [0.15, 0.2) is 11.5 Å². The molecule has 0 fully saturated rings. The first kappa shape index (κ1) is 12.9. The van der Waals surface area contributed by atoms with Crippen LogP contribution in [0.4, 0.5) is 4.39 Å². The van der Waals surface area contributed by atoms with Crippen LogP contribution in [-0.4, -0.2) is 18.5 Å². The molecule has 20 heavy (non-hydrogen) atoms. The van der Waals surface area contributed by atoms with Gasteiger partial charge in [0, 0.05) is 5.92 Å². The van der Waals surface area contributed by atoms with Gasteiger partial charge in [-0.15, -0.1) is 0 Å². The predicted molar refractivity (Wildman–Crippen MR) is 72.5 cm³/mol. The summed E-state index contributed by atoms with van der Waals surface area (Å²) in [6.45, 7) is 0.212. The number of hydrogen-bond acceptors (Lipinski definition) is 3. The van der Waals surface area contributed by atoms with E-state index in [0.29, 0.717) is 6.42 Å². The van der Waals surface area contributed by atoms with Crippen molar-refractivity contribution in [2.24, 2.45) is 0 Å². The first-order valence-corrected chi connectivity index (χ1v) is 6.51. The highest BCUT2D eigenvalue weighted by molar-refractivity contribution is 5.45. The molecule has 4 heteroatoms. The van der Waals surface area contributed by atoms with Gasteiger partial charge in [-0.3, -0.25) is 0 Å². The third-order valence-corrected chi connectivity index (χ3v) is 3.46. The highest BCUT2D eigenvalue weighted by atomic mass is 19.1. The van der Waals surface area contributed by atoms with E-state index in [-0.39, 0.29) is 25.1 Å². The first-order valence-electron chi connectivity index (χ1n) is 6.51. The Labute approximate surface area is 116 Å². The Morgan fingerprint density at radius 2 is 1.95 bits per heavy atom. The summed E-state index contributed by atoms with van der Waals surface area (Å²) >= 11 is 0. The summed E-state index contributed by atoms with van der Waals surface area (Å²) in [4.78, 5) is 0. The zero-order chi connectivity index (χ0) is 13.9. The number of fused-ring (bicyclic) bond motifs is 1. The lowest BCUT2D eigenvalue weighted by Gasteiger charge is -2.15. The van der Waals surface area contributed by atoms with E-state index in [1.54, 1.807) is 6.07 Å². The maximum absolute atomic E-state index is 13.3.